The number of aliphatic hydroxyl groups is 1. The average Bonchev–Trinajstić information content (AvgIpc) is 1.87. The first-order chi connectivity index (χ1) is 4.22. The lowest BCUT2D eigenvalue weighted by Gasteiger charge is -2.05. The second-order valence-electron chi connectivity index (χ2n) is 1.92. The quantitative estimate of drug-likeness (QED) is 0.434. The lowest BCUT2D eigenvalue weighted by atomic mass is 10.1. The van der Waals surface area contributed by atoms with E-state index in [1.807, 2.05) is 6.92 Å². The Morgan fingerprint density at radius 1 is 1.89 bits per heavy atom. The molecule has 0 bridgehead atoms. The highest BCUT2D eigenvalue weighted by Gasteiger charge is 2.01. The van der Waals surface area contributed by atoms with E-state index in [9.17, 15) is 0 Å². The van der Waals surface area contributed by atoms with Gasteiger partial charge in [0.25, 0.3) is 0 Å². The van der Waals surface area contributed by atoms with Crippen molar-refractivity contribution >= 4 is 0 Å². The van der Waals surface area contributed by atoms with Crippen LogP contribution in [0, 0.1) is 0 Å². The Morgan fingerprint density at radius 2 is 2.44 bits per heavy atom. The molecule has 0 saturated carbocycles. The SMILES string of the molecule is CCC(O)/C(C)=C\ON. The van der Waals surface area contributed by atoms with Crippen molar-refractivity contribution in [2.24, 2.45) is 5.90 Å². The average molecular weight is 131 g/mol. The minimum absolute atomic E-state index is 0.423. The molecule has 0 aromatic heterocycles. The third kappa shape index (κ3) is 3.11. The summed E-state index contributed by atoms with van der Waals surface area (Å²) in [6.45, 7) is 3.65. The van der Waals surface area contributed by atoms with E-state index in [0.29, 0.717) is 6.42 Å². The third-order valence-corrected chi connectivity index (χ3v) is 1.17. The molecule has 0 aromatic carbocycles. The van der Waals surface area contributed by atoms with Gasteiger partial charge in [0.1, 0.15) is 6.26 Å². The Bertz CT molecular complexity index is 101. The number of rotatable bonds is 3. The Balaban J connectivity index is 3.70. The van der Waals surface area contributed by atoms with Crippen molar-refractivity contribution in [3.8, 4) is 0 Å². The van der Waals surface area contributed by atoms with Gasteiger partial charge in [-0.25, -0.2) is 0 Å². The molecule has 3 nitrogen and oxygen atoms in total. The van der Waals surface area contributed by atoms with Crippen molar-refractivity contribution in [1.29, 1.82) is 0 Å². The summed E-state index contributed by atoms with van der Waals surface area (Å²) < 4.78 is 0. The summed E-state index contributed by atoms with van der Waals surface area (Å²) in [5.74, 6) is 4.73. The van der Waals surface area contributed by atoms with Crippen LogP contribution in [0.2, 0.25) is 0 Å². The molecule has 3 heteroatoms. The van der Waals surface area contributed by atoms with Crippen LogP contribution in [0.25, 0.3) is 0 Å². The first-order valence-electron chi connectivity index (χ1n) is 2.92. The maximum absolute atomic E-state index is 9.05. The van der Waals surface area contributed by atoms with E-state index in [2.05, 4.69) is 4.84 Å². The minimum Gasteiger partial charge on any atom is -0.419 e. The predicted octanol–water partition coefficient (Wildman–Crippen LogP) is 0.551. The highest BCUT2D eigenvalue weighted by molar-refractivity contribution is 4.99. The zero-order valence-corrected chi connectivity index (χ0v) is 5.79. The van der Waals surface area contributed by atoms with Crippen LogP contribution in [0.3, 0.4) is 0 Å². The van der Waals surface area contributed by atoms with E-state index in [1.165, 1.54) is 6.26 Å². The zero-order valence-electron chi connectivity index (χ0n) is 5.79. The Morgan fingerprint density at radius 3 is 2.78 bits per heavy atom. The minimum atomic E-state index is -0.423. The van der Waals surface area contributed by atoms with E-state index < -0.39 is 6.10 Å². The van der Waals surface area contributed by atoms with Crippen molar-refractivity contribution < 1.29 is 9.94 Å². The van der Waals surface area contributed by atoms with E-state index in [0.717, 1.165) is 5.57 Å². The molecule has 1 unspecified atom stereocenters. The first kappa shape index (κ1) is 8.46. The highest BCUT2D eigenvalue weighted by Crippen LogP contribution is 2.03. The second kappa shape index (κ2) is 4.35. The van der Waals surface area contributed by atoms with Gasteiger partial charge in [0, 0.05) is 0 Å². The topological polar surface area (TPSA) is 55.5 Å². The summed E-state index contributed by atoms with van der Waals surface area (Å²) in [5, 5.41) is 9.05. The van der Waals surface area contributed by atoms with Gasteiger partial charge in [0.15, 0.2) is 0 Å². The van der Waals surface area contributed by atoms with Crippen LogP contribution in [0.15, 0.2) is 11.8 Å². The van der Waals surface area contributed by atoms with Crippen molar-refractivity contribution in [3.05, 3.63) is 11.8 Å². The van der Waals surface area contributed by atoms with Crippen molar-refractivity contribution in [3.63, 3.8) is 0 Å². The summed E-state index contributed by atoms with van der Waals surface area (Å²) in [4.78, 5) is 4.20. The van der Waals surface area contributed by atoms with Crippen LogP contribution in [-0.2, 0) is 4.84 Å². The smallest absolute Gasteiger partial charge is 0.112 e. The highest BCUT2D eigenvalue weighted by atomic mass is 16.6. The van der Waals surface area contributed by atoms with E-state index >= 15 is 0 Å². The van der Waals surface area contributed by atoms with Crippen LogP contribution in [0.1, 0.15) is 20.3 Å². The van der Waals surface area contributed by atoms with E-state index in [1.54, 1.807) is 6.92 Å². The van der Waals surface area contributed by atoms with Gasteiger partial charge in [-0.15, -0.1) is 0 Å². The van der Waals surface area contributed by atoms with Crippen LogP contribution in [0.5, 0.6) is 0 Å². The molecule has 0 saturated heterocycles. The Kier molecular flexibility index (Phi) is 4.09. The van der Waals surface area contributed by atoms with E-state index in [4.69, 9.17) is 11.0 Å². The number of hydrogen-bond donors (Lipinski definition) is 2. The van der Waals surface area contributed by atoms with Gasteiger partial charge < -0.3 is 9.94 Å². The molecule has 3 N–H and O–H groups in total. The van der Waals surface area contributed by atoms with Gasteiger partial charge in [0.05, 0.1) is 6.10 Å². The molecule has 9 heavy (non-hydrogen) atoms. The fraction of sp³-hybridized carbons (Fsp3) is 0.667. The second-order valence-corrected chi connectivity index (χ2v) is 1.92. The normalized spacial score (nSPS) is 15.3. The molecule has 0 radical (unpaired) electrons. The number of hydrogen-bond acceptors (Lipinski definition) is 3. The Labute approximate surface area is 55.1 Å². The Hall–Kier alpha value is -0.540. The lowest BCUT2D eigenvalue weighted by molar-refractivity contribution is 0.191. The fourth-order valence-electron chi connectivity index (χ4n) is 0.508. The van der Waals surface area contributed by atoms with Gasteiger partial charge in [-0.2, -0.15) is 5.90 Å². The molecule has 0 aliphatic carbocycles. The van der Waals surface area contributed by atoms with Crippen LogP contribution < -0.4 is 5.90 Å². The molecular weight excluding hydrogens is 118 g/mol. The largest absolute Gasteiger partial charge is 0.419 e. The lowest BCUT2D eigenvalue weighted by Crippen LogP contribution is -2.06. The molecule has 54 valence electrons. The van der Waals surface area contributed by atoms with Gasteiger partial charge in [-0.05, 0) is 18.9 Å². The summed E-state index contributed by atoms with van der Waals surface area (Å²) in [6, 6.07) is 0. The van der Waals surface area contributed by atoms with Gasteiger partial charge in [-0.1, -0.05) is 6.92 Å². The molecule has 0 spiro atoms. The summed E-state index contributed by atoms with van der Waals surface area (Å²) >= 11 is 0. The van der Waals surface area contributed by atoms with E-state index in [-0.39, 0.29) is 0 Å². The summed E-state index contributed by atoms with van der Waals surface area (Å²) in [7, 11) is 0. The molecular formula is C6H13NO2. The summed E-state index contributed by atoms with van der Waals surface area (Å²) in [5.41, 5.74) is 0.750. The molecule has 0 amide bonds. The van der Waals surface area contributed by atoms with Crippen LogP contribution >= 0.6 is 0 Å². The third-order valence-electron chi connectivity index (χ3n) is 1.17. The van der Waals surface area contributed by atoms with Crippen molar-refractivity contribution in [2.45, 2.75) is 26.4 Å². The molecule has 0 rings (SSSR count). The fourth-order valence-corrected chi connectivity index (χ4v) is 0.508. The van der Waals surface area contributed by atoms with Crippen LogP contribution in [0.4, 0.5) is 0 Å². The zero-order chi connectivity index (χ0) is 7.28. The van der Waals surface area contributed by atoms with Crippen LogP contribution in [-0.4, -0.2) is 11.2 Å². The monoisotopic (exact) mass is 131 g/mol. The standard InChI is InChI=1S/C6H13NO2/c1-3-6(8)5(2)4-9-7/h4,6,8H,3,7H2,1-2H3/b5-4-. The molecule has 0 aromatic rings. The number of aliphatic hydroxyl groups excluding tert-OH is 1. The molecule has 0 aliphatic rings. The molecule has 0 fully saturated rings. The predicted molar refractivity (Wildman–Crippen MR) is 35.3 cm³/mol. The molecule has 0 aliphatic heterocycles. The summed E-state index contributed by atoms with van der Waals surface area (Å²) in [6.07, 6.45) is 1.60. The van der Waals surface area contributed by atoms with Gasteiger partial charge >= 0.3 is 0 Å². The van der Waals surface area contributed by atoms with Gasteiger partial charge in [-0.3, -0.25) is 0 Å². The maximum Gasteiger partial charge on any atom is 0.112 e. The molecule has 1 atom stereocenters. The maximum atomic E-state index is 9.05. The molecule has 0 heterocycles. The van der Waals surface area contributed by atoms with Gasteiger partial charge in [0.2, 0.25) is 0 Å². The van der Waals surface area contributed by atoms with Crippen molar-refractivity contribution in [2.75, 3.05) is 0 Å². The first-order valence-corrected chi connectivity index (χ1v) is 2.92. The number of nitrogens with two attached hydrogens (primary N) is 1. The van der Waals surface area contributed by atoms with Crippen molar-refractivity contribution in [1.82, 2.24) is 0 Å².